The standard InChI is InChI=1S/C14H20ClNOS/c1-11(12-3-2-4-13(15)7-12)8-16-9-14(17)5-6-18-10-14/h2-4,7,11,16-17H,5-6,8-10H2,1H3. The van der Waals surface area contributed by atoms with E-state index in [0.29, 0.717) is 12.5 Å². The van der Waals surface area contributed by atoms with E-state index in [0.717, 1.165) is 29.5 Å². The van der Waals surface area contributed by atoms with Gasteiger partial charge in [0.1, 0.15) is 0 Å². The lowest BCUT2D eigenvalue weighted by Crippen LogP contribution is -2.41. The Labute approximate surface area is 118 Å². The lowest BCUT2D eigenvalue weighted by molar-refractivity contribution is 0.0676. The summed E-state index contributed by atoms with van der Waals surface area (Å²) in [7, 11) is 0. The summed E-state index contributed by atoms with van der Waals surface area (Å²) < 4.78 is 0. The van der Waals surface area contributed by atoms with E-state index in [2.05, 4.69) is 18.3 Å². The van der Waals surface area contributed by atoms with E-state index in [-0.39, 0.29) is 0 Å². The molecule has 1 aromatic carbocycles. The maximum Gasteiger partial charge on any atom is 0.0869 e. The third-order valence-electron chi connectivity index (χ3n) is 3.40. The molecule has 0 saturated carbocycles. The van der Waals surface area contributed by atoms with Gasteiger partial charge in [-0.1, -0.05) is 30.7 Å². The molecule has 0 spiro atoms. The van der Waals surface area contributed by atoms with E-state index in [1.165, 1.54) is 5.56 Å². The van der Waals surface area contributed by atoms with E-state index >= 15 is 0 Å². The Morgan fingerprint density at radius 1 is 1.56 bits per heavy atom. The maximum absolute atomic E-state index is 10.2. The van der Waals surface area contributed by atoms with Gasteiger partial charge in [-0.15, -0.1) is 0 Å². The Bertz CT molecular complexity index is 393. The van der Waals surface area contributed by atoms with Crippen molar-refractivity contribution in [2.24, 2.45) is 0 Å². The number of nitrogens with one attached hydrogen (secondary N) is 1. The molecule has 4 heteroatoms. The first-order chi connectivity index (χ1) is 8.59. The SMILES string of the molecule is CC(CNCC1(O)CCSC1)c1cccc(Cl)c1. The highest BCUT2D eigenvalue weighted by molar-refractivity contribution is 7.99. The maximum atomic E-state index is 10.2. The zero-order chi connectivity index (χ0) is 13.0. The fraction of sp³-hybridized carbons (Fsp3) is 0.571. The molecule has 2 rings (SSSR count). The third kappa shape index (κ3) is 3.89. The molecule has 1 aliphatic rings. The Kier molecular flexibility index (Phi) is 4.96. The van der Waals surface area contributed by atoms with Crippen molar-refractivity contribution in [3.05, 3.63) is 34.9 Å². The largest absolute Gasteiger partial charge is 0.388 e. The van der Waals surface area contributed by atoms with Crippen molar-refractivity contribution in [2.45, 2.75) is 24.9 Å². The van der Waals surface area contributed by atoms with Crippen LogP contribution in [0.25, 0.3) is 0 Å². The summed E-state index contributed by atoms with van der Waals surface area (Å²) in [5.41, 5.74) is 0.737. The van der Waals surface area contributed by atoms with Crippen LogP contribution in [0.15, 0.2) is 24.3 Å². The Morgan fingerprint density at radius 3 is 3.06 bits per heavy atom. The molecule has 2 unspecified atom stereocenters. The predicted molar refractivity (Wildman–Crippen MR) is 79.6 cm³/mol. The summed E-state index contributed by atoms with van der Waals surface area (Å²) in [6.07, 6.45) is 0.899. The van der Waals surface area contributed by atoms with Crippen molar-refractivity contribution in [3.8, 4) is 0 Å². The fourth-order valence-electron chi connectivity index (χ4n) is 2.19. The van der Waals surface area contributed by atoms with Crippen molar-refractivity contribution in [3.63, 3.8) is 0 Å². The molecule has 2 N–H and O–H groups in total. The van der Waals surface area contributed by atoms with Crippen molar-refractivity contribution in [1.82, 2.24) is 5.32 Å². The Balaban J connectivity index is 1.79. The summed E-state index contributed by atoms with van der Waals surface area (Å²) in [6.45, 7) is 3.73. The second-order valence-electron chi connectivity index (χ2n) is 5.11. The van der Waals surface area contributed by atoms with E-state index < -0.39 is 5.60 Å². The molecule has 1 saturated heterocycles. The molecule has 0 aliphatic carbocycles. The Morgan fingerprint density at radius 2 is 2.39 bits per heavy atom. The summed E-state index contributed by atoms with van der Waals surface area (Å²) in [6, 6.07) is 7.98. The number of halogens is 1. The van der Waals surface area contributed by atoms with Crippen molar-refractivity contribution in [1.29, 1.82) is 0 Å². The van der Waals surface area contributed by atoms with Crippen LogP contribution in [-0.4, -0.2) is 35.3 Å². The summed E-state index contributed by atoms with van der Waals surface area (Å²) in [5, 5.41) is 14.4. The van der Waals surface area contributed by atoms with Gasteiger partial charge in [-0.2, -0.15) is 11.8 Å². The first-order valence-electron chi connectivity index (χ1n) is 6.35. The van der Waals surface area contributed by atoms with Gasteiger partial charge in [0.2, 0.25) is 0 Å². The minimum absolute atomic E-state index is 0.404. The normalized spacial score (nSPS) is 25.3. The molecular weight excluding hydrogens is 266 g/mol. The average molecular weight is 286 g/mol. The highest BCUT2D eigenvalue weighted by Crippen LogP contribution is 2.27. The number of thioether (sulfide) groups is 1. The van der Waals surface area contributed by atoms with Gasteiger partial charge < -0.3 is 10.4 Å². The van der Waals surface area contributed by atoms with Gasteiger partial charge in [0.05, 0.1) is 5.60 Å². The van der Waals surface area contributed by atoms with Crippen molar-refractivity contribution < 1.29 is 5.11 Å². The first-order valence-corrected chi connectivity index (χ1v) is 7.89. The van der Waals surface area contributed by atoms with Crippen molar-refractivity contribution in [2.75, 3.05) is 24.6 Å². The average Bonchev–Trinajstić information content (AvgIpc) is 2.76. The van der Waals surface area contributed by atoms with Gasteiger partial charge in [-0.25, -0.2) is 0 Å². The van der Waals surface area contributed by atoms with Crippen LogP contribution in [0.3, 0.4) is 0 Å². The molecule has 0 aromatic heterocycles. The molecular formula is C14H20ClNOS. The molecule has 1 fully saturated rings. The third-order valence-corrected chi connectivity index (χ3v) is 4.87. The lowest BCUT2D eigenvalue weighted by Gasteiger charge is -2.23. The number of aliphatic hydroxyl groups is 1. The molecule has 2 nitrogen and oxygen atoms in total. The molecule has 0 radical (unpaired) electrons. The molecule has 1 aliphatic heterocycles. The van der Waals surface area contributed by atoms with E-state index in [1.807, 2.05) is 30.0 Å². The second-order valence-corrected chi connectivity index (χ2v) is 6.66. The fourth-order valence-corrected chi connectivity index (χ4v) is 3.68. The van der Waals surface area contributed by atoms with Crippen LogP contribution in [0.2, 0.25) is 5.02 Å². The molecule has 1 heterocycles. The topological polar surface area (TPSA) is 32.3 Å². The van der Waals surface area contributed by atoms with Crippen LogP contribution >= 0.6 is 23.4 Å². The summed E-state index contributed by atoms with van der Waals surface area (Å²) in [4.78, 5) is 0. The lowest BCUT2D eigenvalue weighted by atomic mass is 10.00. The zero-order valence-electron chi connectivity index (χ0n) is 10.7. The second kappa shape index (κ2) is 6.29. The van der Waals surface area contributed by atoms with Crippen LogP contribution in [0.5, 0.6) is 0 Å². The van der Waals surface area contributed by atoms with Crippen LogP contribution < -0.4 is 5.32 Å². The monoisotopic (exact) mass is 285 g/mol. The number of benzene rings is 1. The minimum atomic E-state index is -0.501. The molecule has 18 heavy (non-hydrogen) atoms. The molecule has 2 atom stereocenters. The quantitative estimate of drug-likeness (QED) is 0.872. The highest BCUT2D eigenvalue weighted by Gasteiger charge is 2.31. The van der Waals surface area contributed by atoms with Crippen LogP contribution in [0.4, 0.5) is 0 Å². The molecule has 100 valence electrons. The summed E-state index contributed by atoms with van der Waals surface area (Å²) in [5.74, 6) is 2.33. The summed E-state index contributed by atoms with van der Waals surface area (Å²) >= 11 is 7.82. The van der Waals surface area contributed by atoms with Crippen LogP contribution in [0, 0.1) is 0 Å². The van der Waals surface area contributed by atoms with E-state index in [4.69, 9.17) is 11.6 Å². The smallest absolute Gasteiger partial charge is 0.0869 e. The van der Waals surface area contributed by atoms with Gasteiger partial charge in [0.15, 0.2) is 0 Å². The van der Waals surface area contributed by atoms with Crippen LogP contribution in [-0.2, 0) is 0 Å². The predicted octanol–water partition coefficient (Wildman–Crippen LogP) is 2.90. The van der Waals surface area contributed by atoms with Gasteiger partial charge in [-0.05, 0) is 35.8 Å². The van der Waals surface area contributed by atoms with E-state index in [1.54, 1.807) is 0 Å². The minimum Gasteiger partial charge on any atom is -0.388 e. The number of hydrogen-bond donors (Lipinski definition) is 2. The molecule has 0 amide bonds. The zero-order valence-corrected chi connectivity index (χ0v) is 12.2. The van der Waals surface area contributed by atoms with Crippen LogP contribution in [0.1, 0.15) is 24.8 Å². The Hall–Kier alpha value is -0.220. The molecule has 1 aromatic rings. The van der Waals surface area contributed by atoms with Gasteiger partial charge in [-0.3, -0.25) is 0 Å². The van der Waals surface area contributed by atoms with Gasteiger partial charge in [0.25, 0.3) is 0 Å². The highest BCUT2D eigenvalue weighted by atomic mass is 35.5. The van der Waals surface area contributed by atoms with Gasteiger partial charge in [0, 0.05) is 23.9 Å². The number of hydrogen-bond acceptors (Lipinski definition) is 3. The van der Waals surface area contributed by atoms with Crippen molar-refractivity contribution >= 4 is 23.4 Å². The van der Waals surface area contributed by atoms with E-state index in [9.17, 15) is 5.11 Å². The molecule has 0 bridgehead atoms. The number of rotatable bonds is 5. The van der Waals surface area contributed by atoms with Gasteiger partial charge >= 0.3 is 0 Å². The first kappa shape index (κ1) is 14.2.